The van der Waals surface area contributed by atoms with E-state index in [0.29, 0.717) is 0 Å². The number of rotatable bonds is 8. The van der Waals surface area contributed by atoms with Gasteiger partial charge in [0.1, 0.15) is 5.75 Å². The largest absolute Gasteiger partial charge is 0.496 e. The quantitative estimate of drug-likeness (QED) is 0.768. The van der Waals surface area contributed by atoms with Crippen LogP contribution in [0.15, 0.2) is 22.7 Å². The van der Waals surface area contributed by atoms with Gasteiger partial charge in [0.05, 0.1) is 11.6 Å². The third-order valence-electron chi connectivity index (χ3n) is 4.67. The molecule has 0 heterocycles. The lowest BCUT2D eigenvalue weighted by Crippen LogP contribution is -2.58. The van der Waals surface area contributed by atoms with Gasteiger partial charge in [-0.2, -0.15) is 0 Å². The fourth-order valence-electron chi connectivity index (χ4n) is 2.98. The highest BCUT2D eigenvalue weighted by molar-refractivity contribution is 9.10. The number of halogens is 1. The van der Waals surface area contributed by atoms with E-state index >= 15 is 0 Å². The van der Waals surface area contributed by atoms with Crippen molar-refractivity contribution in [2.75, 3.05) is 20.2 Å². The van der Waals surface area contributed by atoms with Gasteiger partial charge in [-0.1, -0.05) is 26.8 Å². The number of ether oxygens (including phenoxy) is 1. The van der Waals surface area contributed by atoms with E-state index in [2.05, 4.69) is 60.7 Å². The van der Waals surface area contributed by atoms with Crippen molar-refractivity contribution >= 4 is 15.9 Å². The Balaban J connectivity index is 2.92. The zero-order chi connectivity index (χ0) is 16.0. The number of likely N-dealkylation sites (N-methyl/N-ethyl adjacent to an activating group) is 1. The van der Waals surface area contributed by atoms with Crippen molar-refractivity contribution < 1.29 is 4.74 Å². The Morgan fingerprint density at radius 1 is 1.29 bits per heavy atom. The van der Waals surface area contributed by atoms with Gasteiger partial charge in [0.25, 0.3) is 0 Å². The van der Waals surface area contributed by atoms with Crippen LogP contribution in [0.1, 0.15) is 39.7 Å². The first-order valence-electron chi connectivity index (χ1n) is 7.75. The maximum Gasteiger partial charge on any atom is 0.133 e. The van der Waals surface area contributed by atoms with Gasteiger partial charge in [-0.15, -0.1) is 0 Å². The molecule has 0 bridgehead atoms. The molecule has 4 heteroatoms. The summed E-state index contributed by atoms with van der Waals surface area (Å²) in [4.78, 5) is 2.47. The second-order valence-electron chi connectivity index (χ2n) is 5.66. The van der Waals surface area contributed by atoms with E-state index in [1.807, 2.05) is 6.07 Å². The topological polar surface area (TPSA) is 38.5 Å². The Kier molecular flexibility index (Phi) is 7.17. The molecule has 120 valence electrons. The van der Waals surface area contributed by atoms with Crippen molar-refractivity contribution in [1.29, 1.82) is 0 Å². The van der Waals surface area contributed by atoms with Crippen LogP contribution in [0.5, 0.6) is 5.75 Å². The van der Waals surface area contributed by atoms with Crippen LogP contribution in [0.3, 0.4) is 0 Å². The summed E-state index contributed by atoms with van der Waals surface area (Å²) in [6.45, 7) is 11.0. The first-order chi connectivity index (χ1) is 9.92. The van der Waals surface area contributed by atoms with Crippen molar-refractivity contribution in [3.63, 3.8) is 0 Å². The van der Waals surface area contributed by atoms with E-state index in [1.54, 1.807) is 7.11 Å². The van der Waals surface area contributed by atoms with Gasteiger partial charge in [-0.25, -0.2) is 0 Å². The van der Waals surface area contributed by atoms with E-state index in [9.17, 15) is 0 Å². The zero-order valence-corrected chi connectivity index (χ0v) is 15.5. The summed E-state index contributed by atoms with van der Waals surface area (Å²) in [5.74, 6) is 0.856. The summed E-state index contributed by atoms with van der Waals surface area (Å²) in [5.41, 5.74) is 7.84. The Hall–Kier alpha value is -0.580. The predicted octanol–water partition coefficient (Wildman–Crippen LogP) is 3.84. The van der Waals surface area contributed by atoms with Crippen molar-refractivity contribution in [3.05, 3.63) is 28.2 Å². The maximum absolute atomic E-state index is 6.58. The summed E-state index contributed by atoms with van der Waals surface area (Å²) in [5, 5.41) is 0. The van der Waals surface area contributed by atoms with Gasteiger partial charge in [-0.3, -0.25) is 4.90 Å². The molecule has 0 fully saturated rings. The van der Waals surface area contributed by atoms with Crippen molar-refractivity contribution in [1.82, 2.24) is 4.90 Å². The second kappa shape index (κ2) is 8.16. The molecule has 0 saturated heterocycles. The Morgan fingerprint density at radius 3 is 2.33 bits per heavy atom. The molecule has 1 rings (SSSR count). The van der Waals surface area contributed by atoms with Gasteiger partial charge in [-0.05, 0) is 66.5 Å². The Labute approximate surface area is 138 Å². The van der Waals surface area contributed by atoms with Crippen LogP contribution in [-0.4, -0.2) is 36.7 Å². The molecule has 3 nitrogen and oxygen atoms in total. The third kappa shape index (κ3) is 4.21. The number of benzene rings is 1. The first-order valence-corrected chi connectivity index (χ1v) is 8.55. The normalized spacial score (nSPS) is 15.8. The highest BCUT2D eigenvalue weighted by Crippen LogP contribution is 2.29. The van der Waals surface area contributed by atoms with Crippen molar-refractivity contribution in [2.45, 2.75) is 52.1 Å². The molecule has 0 saturated carbocycles. The van der Waals surface area contributed by atoms with Crippen LogP contribution >= 0.6 is 15.9 Å². The molecular formula is C17H29BrN2O. The second-order valence-corrected chi connectivity index (χ2v) is 6.52. The van der Waals surface area contributed by atoms with E-state index in [0.717, 1.165) is 36.2 Å². The summed E-state index contributed by atoms with van der Waals surface area (Å²) in [7, 11) is 1.68. The lowest BCUT2D eigenvalue weighted by molar-refractivity contribution is 0.0845. The molecule has 1 aromatic rings. The molecule has 0 aliphatic heterocycles. The molecular weight excluding hydrogens is 328 g/mol. The SMILES string of the molecule is CCN(CC)C(C)(CC)C(N)Cc1ccc(OC)c(Br)c1. The molecule has 2 N–H and O–H groups in total. The average molecular weight is 357 g/mol. The molecule has 0 spiro atoms. The molecule has 0 radical (unpaired) electrons. The zero-order valence-electron chi connectivity index (χ0n) is 13.9. The first kappa shape index (κ1) is 18.5. The van der Waals surface area contributed by atoms with Crippen LogP contribution in [0, 0.1) is 0 Å². The minimum absolute atomic E-state index is 0.0237. The van der Waals surface area contributed by atoms with E-state index in [-0.39, 0.29) is 11.6 Å². The van der Waals surface area contributed by atoms with Gasteiger partial charge < -0.3 is 10.5 Å². The fourth-order valence-corrected chi connectivity index (χ4v) is 3.57. The monoisotopic (exact) mass is 356 g/mol. The van der Waals surface area contributed by atoms with Gasteiger partial charge in [0.2, 0.25) is 0 Å². The molecule has 0 aromatic heterocycles. The summed E-state index contributed by atoms with van der Waals surface area (Å²) >= 11 is 3.54. The number of nitrogens with two attached hydrogens (primary N) is 1. The highest BCUT2D eigenvalue weighted by atomic mass is 79.9. The van der Waals surface area contributed by atoms with Crippen LogP contribution in [0.25, 0.3) is 0 Å². The predicted molar refractivity (Wildman–Crippen MR) is 94.0 cm³/mol. The van der Waals surface area contributed by atoms with Gasteiger partial charge in [0, 0.05) is 11.6 Å². The molecule has 2 atom stereocenters. The number of methoxy groups -OCH3 is 1. The third-order valence-corrected chi connectivity index (χ3v) is 5.29. The summed E-state index contributed by atoms with van der Waals surface area (Å²) in [6.07, 6.45) is 1.91. The molecule has 0 aliphatic rings. The maximum atomic E-state index is 6.58. The molecule has 21 heavy (non-hydrogen) atoms. The van der Waals surface area contributed by atoms with Crippen molar-refractivity contribution in [2.24, 2.45) is 5.73 Å². The highest BCUT2D eigenvalue weighted by Gasteiger charge is 2.34. The number of nitrogens with zero attached hydrogens (tertiary/aromatic N) is 1. The smallest absolute Gasteiger partial charge is 0.133 e. The number of hydrogen-bond acceptors (Lipinski definition) is 3. The minimum atomic E-state index is 0.0237. The Morgan fingerprint density at radius 2 is 1.90 bits per heavy atom. The van der Waals surface area contributed by atoms with Crippen LogP contribution in [-0.2, 0) is 6.42 Å². The van der Waals surface area contributed by atoms with E-state index < -0.39 is 0 Å². The summed E-state index contributed by atoms with van der Waals surface area (Å²) < 4.78 is 6.26. The average Bonchev–Trinajstić information content (AvgIpc) is 2.48. The standard InChI is InChI=1S/C17H29BrN2O/c1-6-17(4,20(7-2)8-3)16(19)12-13-9-10-15(21-5)14(18)11-13/h9-11,16H,6-8,12,19H2,1-5H3. The fraction of sp³-hybridized carbons (Fsp3) is 0.647. The van der Waals surface area contributed by atoms with Crippen LogP contribution in [0.2, 0.25) is 0 Å². The minimum Gasteiger partial charge on any atom is -0.496 e. The van der Waals surface area contributed by atoms with Crippen molar-refractivity contribution in [3.8, 4) is 5.75 Å². The lowest BCUT2D eigenvalue weighted by atomic mass is 9.84. The van der Waals surface area contributed by atoms with Gasteiger partial charge in [0.15, 0.2) is 0 Å². The Bertz CT molecular complexity index is 448. The molecule has 0 aliphatic carbocycles. The lowest BCUT2D eigenvalue weighted by Gasteiger charge is -2.44. The molecule has 0 amide bonds. The van der Waals surface area contributed by atoms with Crippen LogP contribution in [0.4, 0.5) is 0 Å². The van der Waals surface area contributed by atoms with Crippen LogP contribution < -0.4 is 10.5 Å². The van der Waals surface area contributed by atoms with E-state index in [1.165, 1.54) is 5.56 Å². The molecule has 1 aromatic carbocycles. The van der Waals surface area contributed by atoms with Gasteiger partial charge >= 0.3 is 0 Å². The molecule has 2 unspecified atom stereocenters. The van der Waals surface area contributed by atoms with E-state index in [4.69, 9.17) is 10.5 Å². The summed E-state index contributed by atoms with van der Waals surface area (Å²) in [6, 6.07) is 6.30. The number of hydrogen-bond donors (Lipinski definition) is 1.